The van der Waals surface area contributed by atoms with Crippen molar-refractivity contribution in [2.24, 2.45) is 10.9 Å². The van der Waals surface area contributed by atoms with Gasteiger partial charge in [-0.1, -0.05) is 65.5 Å². The molecule has 1 fully saturated rings. The van der Waals surface area contributed by atoms with E-state index in [2.05, 4.69) is 45.0 Å². The molecule has 5 rings (SSSR count). The van der Waals surface area contributed by atoms with Gasteiger partial charge in [0.25, 0.3) is 0 Å². The van der Waals surface area contributed by atoms with Crippen LogP contribution in [0.4, 0.5) is 10.1 Å². The van der Waals surface area contributed by atoms with Gasteiger partial charge in [-0.05, 0) is 73.4 Å². The minimum Gasteiger partial charge on any atom is -0.257 e. The number of pyridine rings is 1. The van der Waals surface area contributed by atoms with E-state index >= 15 is 4.39 Å². The Hall–Kier alpha value is -2.29. The minimum absolute atomic E-state index is 0.184. The summed E-state index contributed by atoms with van der Waals surface area (Å²) < 4.78 is 15.3. The van der Waals surface area contributed by atoms with Gasteiger partial charge >= 0.3 is 0 Å². The predicted molar refractivity (Wildman–Crippen MR) is 143 cm³/mol. The van der Waals surface area contributed by atoms with Crippen molar-refractivity contribution in [1.82, 2.24) is 4.98 Å². The summed E-state index contributed by atoms with van der Waals surface area (Å²) >= 11 is 0. The smallest absolute Gasteiger partial charge is 0.149 e. The summed E-state index contributed by atoms with van der Waals surface area (Å²) in [5, 5.41) is 0. The Morgan fingerprint density at radius 3 is 2.41 bits per heavy atom. The van der Waals surface area contributed by atoms with Crippen LogP contribution < -0.4 is 0 Å². The van der Waals surface area contributed by atoms with Crippen LogP contribution in [0.2, 0.25) is 0 Å². The fourth-order valence-electron chi connectivity index (χ4n) is 6.37. The third-order valence-electron chi connectivity index (χ3n) is 7.83. The zero-order valence-corrected chi connectivity index (χ0v) is 21.8. The van der Waals surface area contributed by atoms with Crippen LogP contribution in [0.3, 0.4) is 0 Å². The number of allylic oxidation sites excluding steroid dienone is 1. The van der Waals surface area contributed by atoms with E-state index in [4.69, 9.17) is 9.98 Å². The van der Waals surface area contributed by atoms with E-state index in [9.17, 15) is 0 Å². The van der Waals surface area contributed by atoms with Gasteiger partial charge in [0.1, 0.15) is 11.5 Å². The van der Waals surface area contributed by atoms with Crippen LogP contribution in [0.25, 0.3) is 5.57 Å². The third kappa shape index (κ3) is 4.63. The van der Waals surface area contributed by atoms with Crippen molar-refractivity contribution in [3.63, 3.8) is 0 Å². The highest BCUT2D eigenvalue weighted by molar-refractivity contribution is 5.97. The molecule has 1 saturated carbocycles. The first-order chi connectivity index (χ1) is 16.6. The van der Waals surface area contributed by atoms with Gasteiger partial charge in [-0.2, -0.15) is 0 Å². The summed E-state index contributed by atoms with van der Waals surface area (Å²) in [4.78, 5) is 9.74. The lowest BCUT2D eigenvalue weighted by Crippen LogP contribution is -2.17. The van der Waals surface area contributed by atoms with Gasteiger partial charge in [0, 0.05) is 35.2 Å². The molecule has 1 aromatic heterocycles. The number of fused-ring (bicyclic) bond motifs is 2. The molecule has 1 unspecified atom stereocenters. The van der Waals surface area contributed by atoms with Gasteiger partial charge in [0.05, 0.1) is 5.69 Å². The van der Waals surface area contributed by atoms with E-state index < -0.39 is 0 Å². The molecule has 3 heteroatoms. The predicted octanol–water partition coefficient (Wildman–Crippen LogP) is 9.30. The monoisotopic (exact) mass is 460 g/mol. The minimum atomic E-state index is -0.184. The molecule has 1 aliphatic heterocycles. The Morgan fingerprint density at radius 1 is 1.03 bits per heavy atom. The largest absolute Gasteiger partial charge is 0.257 e. The van der Waals surface area contributed by atoms with Crippen LogP contribution in [0.15, 0.2) is 35.3 Å². The molecular weight excluding hydrogens is 419 g/mol. The summed E-state index contributed by atoms with van der Waals surface area (Å²) in [5.74, 6) is 1.21. The standard InChI is InChI=1S/C29H35FN2.C2H6/c1-4-8-20(9-5-2)28-18(3)31-29-24(28)16-21(17-25(29)30)22-12-15-27-23(22)13-14-26(32-27)19-10-6-7-11-19;1-2/h12-14,16-17,19-20,28H,4-11,15H2,1-3H3;1-2H3. The van der Waals surface area contributed by atoms with Crippen molar-refractivity contribution in [3.8, 4) is 0 Å². The zero-order valence-electron chi connectivity index (χ0n) is 21.8. The van der Waals surface area contributed by atoms with E-state index in [0.717, 1.165) is 60.2 Å². The highest BCUT2D eigenvalue weighted by atomic mass is 19.1. The van der Waals surface area contributed by atoms with E-state index in [-0.39, 0.29) is 11.7 Å². The fraction of sp³-hybridized carbons (Fsp3) is 0.548. The van der Waals surface area contributed by atoms with Gasteiger partial charge in [-0.15, -0.1) is 0 Å². The molecule has 0 amide bonds. The van der Waals surface area contributed by atoms with Crippen LogP contribution in [0, 0.1) is 11.7 Å². The second-order valence-corrected chi connectivity index (χ2v) is 10.00. The lowest BCUT2D eigenvalue weighted by Gasteiger charge is -2.25. The van der Waals surface area contributed by atoms with Crippen LogP contribution in [0.5, 0.6) is 0 Å². The molecular formula is C31H41FN2. The molecule has 2 aromatic rings. The number of benzene rings is 1. The fourth-order valence-corrected chi connectivity index (χ4v) is 6.37. The Balaban J connectivity index is 0.00000133. The molecule has 0 radical (unpaired) electrons. The Morgan fingerprint density at radius 2 is 1.74 bits per heavy atom. The van der Waals surface area contributed by atoms with Gasteiger partial charge in [-0.3, -0.25) is 9.98 Å². The van der Waals surface area contributed by atoms with E-state index in [1.165, 1.54) is 36.9 Å². The zero-order chi connectivity index (χ0) is 24.2. The molecule has 182 valence electrons. The lowest BCUT2D eigenvalue weighted by atomic mass is 9.78. The molecule has 0 N–H and O–H groups in total. The summed E-state index contributed by atoms with van der Waals surface area (Å²) in [7, 11) is 0. The summed E-state index contributed by atoms with van der Waals surface area (Å²) in [6, 6.07) is 8.37. The number of hydrogen-bond donors (Lipinski definition) is 0. The van der Waals surface area contributed by atoms with Crippen molar-refractivity contribution in [2.75, 3.05) is 0 Å². The molecule has 2 aliphatic carbocycles. The summed E-state index contributed by atoms with van der Waals surface area (Å²) in [5.41, 5.74) is 8.45. The normalized spacial score (nSPS) is 19.0. The molecule has 0 saturated heterocycles. The first-order valence-electron chi connectivity index (χ1n) is 13.7. The maximum absolute atomic E-state index is 15.3. The Kier molecular flexibility index (Phi) is 8.01. The highest BCUT2D eigenvalue weighted by Crippen LogP contribution is 2.46. The SMILES string of the molecule is CC.CCCC(CCC)C1C(C)=Nc2c(F)cc(C3=CCc4nc(C5CCCC5)ccc43)cc21. The molecule has 2 heterocycles. The lowest BCUT2D eigenvalue weighted by molar-refractivity contribution is 0.418. The first-order valence-corrected chi connectivity index (χ1v) is 13.7. The molecule has 1 aromatic carbocycles. The second kappa shape index (κ2) is 11.0. The number of nitrogens with zero attached hydrogens (tertiary/aromatic N) is 2. The van der Waals surface area contributed by atoms with Crippen molar-refractivity contribution >= 4 is 17.0 Å². The van der Waals surface area contributed by atoms with Crippen molar-refractivity contribution in [3.05, 3.63) is 64.2 Å². The van der Waals surface area contributed by atoms with E-state index in [1.54, 1.807) is 6.07 Å². The van der Waals surface area contributed by atoms with Crippen molar-refractivity contribution in [1.29, 1.82) is 0 Å². The molecule has 34 heavy (non-hydrogen) atoms. The molecule has 1 atom stereocenters. The summed E-state index contributed by atoms with van der Waals surface area (Å²) in [6.45, 7) is 10.6. The molecule has 0 spiro atoms. The molecule has 3 aliphatic rings. The van der Waals surface area contributed by atoms with Crippen molar-refractivity contribution < 1.29 is 4.39 Å². The van der Waals surface area contributed by atoms with Crippen molar-refractivity contribution in [2.45, 2.75) is 104 Å². The maximum atomic E-state index is 15.3. The average Bonchev–Trinajstić information content (AvgIpc) is 3.58. The Bertz CT molecular complexity index is 1070. The summed E-state index contributed by atoms with van der Waals surface area (Å²) in [6.07, 6.45) is 12.9. The highest BCUT2D eigenvalue weighted by Gasteiger charge is 2.33. The number of aromatic nitrogens is 1. The number of hydrogen-bond acceptors (Lipinski definition) is 2. The van der Waals surface area contributed by atoms with Crippen LogP contribution in [-0.2, 0) is 6.42 Å². The topological polar surface area (TPSA) is 25.2 Å². The Labute approximate surface area is 205 Å². The van der Waals surface area contributed by atoms with Crippen LogP contribution >= 0.6 is 0 Å². The number of halogens is 1. The average molecular weight is 461 g/mol. The maximum Gasteiger partial charge on any atom is 0.149 e. The van der Waals surface area contributed by atoms with E-state index in [1.807, 2.05) is 13.8 Å². The molecule has 2 nitrogen and oxygen atoms in total. The van der Waals surface area contributed by atoms with Crippen LogP contribution in [-0.4, -0.2) is 10.7 Å². The van der Waals surface area contributed by atoms with Gasteiger partial charge in [0.2, 0.25) is 0 Å². The quantitative estimate of drug-likeness (QED) is 0.404. The van der Waals surface area contributed by atoms with Gasteiger partial charge in [0.15, 0.2) is 0 Å². The van der Waals surface area contributed by atoms with Gasteiger partial charge in [-0.25, -0.2) is 4.39 Å². The molecule has 0 bridgehead atoms. The van der Waals surface area contributed by atoms with Crippen LogP contribution in [0.1, 0.15) is 126 Å². The number of rotatable bonds is 7. The second-order valence-electron chi connectivity index (χ2n) is 10.00. The number of aliphatic imine (C=N–C) groups is 1. The van der Waals surface area contributed by atoms with Gasteiger partial charge < -0.3 is 0 Å². The first kappa shape index (κ1) is 24.8. The third-order valence-corrected chi connectivity index (χ3v) is 7.83. The van der Waals surface area contributed by atoms with E-state index in [0.29, 0.717) is 17.5 Å².